The quantitative estimate of drug-likeness (QED) is 0.886. The maximum Gasteiger partial charge on any atom is 0.126 e. The lowest BCUT2D eigenvalue weighted by atomic mass is 9.84. The molecule has 1 aromatic rings. The van der Waals surface area contributed by atoms with Gasteiger partial charge in [0, 0.05) is 19.6 Å². The first kappa shape index (κ1) is 13.3. The largest absolute Gasteiger partial charge is 0.370 e. The highest BCUT2D eigenvalue weighted by Gasteiger charge is 2.26. The van der Waals surface area contributed by atoms with Gasteiger partial charge in [0.25, 0.3) is 0 Å². The zero-order valence-corrected chi connectivity index (χ0v) is 11.9. The van der Waals surface area contributed by atoms with E-state index in [1.807, 2.05) is 6.07 Å². The second-order valence-electron chi connectivity index (χ2n) is 6.02. The summed E-state index contributed by atoms with van der Waals surface area (Å²) in [6, 6.07) is 6.25. The number of nitrogens with one attached hydrogen (secondary N) is 1. The first-order valence-electron chi connectivity index (χ1n) is 7.01. The molecule has 0 bridgehead atoms. The minimum Gasteiger partial charge on any atom is -0.370 e. The molecule has 1 aromatic heterocycles. The van der Waals surface area contributed by atoms with E-state index in [4.69, 9.17) is 0 Å². The van der Waals surface area contributed by atoms with E-state index in [1.165, 1.54) is 31.6 Å². The standard InChI is InChI=1S/C15H25N3/c1-4-16-14-8-5-7-13(17-14)11-18-10-6-9-15(2,3)12-18/h5,7-8H,4,6,9-12H2,1-3H3,(H,16,17). The Morgan fingerprint density at radius 3 is 2.94 bits per heavy atom. The monoisotopic (exact) mass is 247 g/mol. The molecular formula is C15H25N3. The van der Waals surface area contributed by atoms with Gasteiger partial charge in [-0.15, -0.1) is 0 Å². The topological polar surface area (TPSA) is 28.2 Å². The number of aromatic nitrogens is 1. The van der Waals surface area contributed by atoms with Gasteiger partial charge in [0.15, 0.2) is 0 Å². The van der Waals surface area contributed by atoms with Crippen LogP contribution in [0, 0.1) is 5.41 Å². The molecule has 1 aliphatic heterocycles. The predicted octanol–water partition coefficient (Wildman–Crippen LogP) is 3.14. The Morgan fingerprint density at radius 2 is 2.22 bits per heavy atom. The fourth-order valence-electron chi connectivity index (χ4n) is 2.76. The molecule has 1 aliphatic rings. The van der Waals surface area contributed by atoms with Gasteiger partial charge in [-0.2, -0.15) is 0 Å². The van der Waals surface area contributed by atoms with Crippen LogP contribution >= 0.6 is 0 Å². The van der Waals surface area contributed by atoms with Crippen molar-refractivity contribution in [1.29, 1.82) is 0 Å². The second-order valence-corrected chi connectivity index (χ2v) is 6.02. The van der Waals surface area contributed by atoms with E-state index in [9.17, 15) is 0 Å². The summed E-state index contributed by atoms with van der Waals surface area (Å²) < 4.78 is 0. The van der Waals surface area contributed by atoms with Crippen LogP contribution in [0.5, 0.6) is 0 Å². The van der Waals surface area contributed by atoms with E-state index < -0.39 is 0 Å². The molecule has 18 heavy (non-hydrogen) atoms. The fraction of sp³-hybridized carbons (Fsp3) is 0.667. The summed E-state index contributed by atoms with van der Waals surface area (Å²) >= 11 is 0. The number of hydrogen-bond donors (Lipinski definition) is 1. The van der Waals surface area contributed by atoms with Gasteiger partial charge < -0.3 is 5.32 Å². The number of pyridine rings is 1. The molecular weight excluding hydrogens is 222 g/mol. The summed E-state index contributed by atoms with van der Waals surface area (Å²) in [5, 5.41) is 3.27. The molecule has 1 saturated heterocycles. The molecule has 0 atom stereocenters. The molecule has 1 N–H and O–H groups in total. The van der Waals surface area contributed by atoms with Gasteiger partial charge in [-0.25, -0.2) is 4.98 Å². The van der Waals surface area contributed by atoms with Gasteiger partial charge in [0.05, 0.1) is 5.69 Å². The molecule has 0 aromatic carbocycles. The Hall–Kier alpha value is -1.09. The third-order valence-corrected chi connectivity index (χ3v) is 3.53. The minimum atomic E-state index is 0.456. The first-order valence-corrected chi connectivity index (χ1v) is 7.01. The highest BCUT2D eigenvalue weighted by Crippen LogP contribution is 2.29. The van der Waals surface area contributed by atoms with E-state index in [1.54, 1.807) is 0 Å². The maximum atomic E-state index is 4.65. The Bertz CT molecular complexity index is 387. The fourth-order valence-corrected chi connectivity index (χ4v) is 2.76. The van der Waals surface area contributed by atoms with Crippen LogP contribution in [0.15, 0.2) is 18.2 Å². The molecule has 100 valence electrons. The molecule has 2 heterocycles. The highest BCUT2D eigenvalue weighted by atomic mass is 15.1. The van der Waals surface area contributed by atoms with Crippen molar-refractivity contribution in [3.63, 3.8) is 0 Å². The number of nitrogens with zero attached hydrogens (tertiary/aromatic N) is 2. The Morgan fingerprint density at radius 1 is 1.39 bits per heavy atom. The van der Waals surface area contributed by atoms with E-state index >= 15 is 0 Å². The van der Waals surface area contributed by atoms with E-state index in [2.05, 4.69) is 48.1 Å². The number of anilines is 1. The van der Waals surface area contributed by atoms with Gasteiger partial charge in [0.2, 0.25) is 0 Å². The molecule has 3 heteroatoms. The number of piperidine rings is 1. The smallest absolute Gasteiger partial charge is 0.126 e. The van der Waals surface area contributed by atoms with Crippen LogP contribution in [-0.2, 0) is 6.54 Å². The summed E-state index contributed by atoms with van der Waals surface area (Å²) in [5.41, 5.74) is 1.63. The number of hydrogen-bond acceptors (Lipinski definition) is 3. The summed E-state index contributed by atoms with van der Waals surface area (Å²) in [7, 11) is 0. The SMILES string of the molecule is CCNc1cccc(CN2CCCC(C)(C)C2)n1. The lowest BCUT2D eigenvalue weighted by Gasteiger charge is -2.37. The Kier molecular flexibility index (Phi) is 4.23. The van der Waals surface area contributed by atoms with Gasteiger partial charge >= 0.3 is 0 Å². The van der Waals surface area contributed by atoms with E-state index in [-0.39, 0.29) is 0 Å². The van der Waals surface area contributed by atoms with Gasteiger partial charge in [-0.3, -0.25) is 4.90 Å². The molecule has 0 aliphatic carbocycles. The maximum absolute atomic E-state index is 4.65. The molecule has 0 saturated carbocycles. The van der Waals surface area contributed by atoms with Crippen LogP contribution < -0.4 is 5.32 Å². The normalized spacial score (nSPS) is 19.7. The zero-order valence-electron chi connectivity index (χ0n) is 11.9. The Labute approximate surface area is 111 Å². The van der Waals surface area contributed by atoms with Crippen molar-refractivity contribution in [2.45, 2.75) is 40.2 Å². The third-order valence-electron chi connectivity index (χ3n) is 3.53. The predicted molar refractivity (Wildman–Crippen MR) is 76.7 cm³/mol. The molecule has 0 radical (unpaired) electrons. The average molecular weight is 247 g/mol. The molecule has 2 rings (SSSR count). The van der Waals surface area contributed by atoms with Crippen LogP contribution in [0.2, 0.25) is 0 Å². The Balaban J connectivity index is 1.98. The van der Waals surface area contributed by atoms with Gasteiger partial charge in [-0.1, -0.05) is 19.9 Å². The summed E-state index contributed by atoms with van der Waals surface area (Å²) in [4.78, 5) is 7.18. The third kappa shape index (κ3) is 3.70. The molecule has 1 fully saturated rings. The molecule has 3 nitrogen and oxygen atoms in total. The van der Waals surface area contributed by atoms with Crippen LogP contribution in [0.4, 0.5) is 5.82 Å². The average Bonchev–Trinajstić information content (AvgIpc) is 2.28. The zero-order chi connectivity index (χ0) is 13.0. The second kappa shape index (κ2) is 5.70. The summed E-state index contributed by atoms with van der Waals surface area (Å²) in [6.07, 6.45) is 2.65. The van der Waals surface area contributed by atoms with Crippen molar-refractivity contribution >= 4 is 5.82 Å². The number of likely N-dealkylation sites (tertiary alicyclic amines) is 1. The van der Waals surface area contributed by atoms with Crippen LogP contribution in [0.3, 0.4) is 0 Å². The van der Waals surface area contributed by atoms with E-state index in [0.29, 0.717) is 5.41 Å². The molecule has 0 unspecified atom stereocenters. The van der Waals surface area contributed by atoms with Crippen molar-refractivity contribution in [3.05, 3.63) is 23.9 Å². The summed E-state index contributed by atoms with van der Waals surface area (Å²) in [6.45, 7) is 11.1. The molecule has 0 amide bonds. The van der Waals surface area contributed by atoms with Crippen molar-refractivity contribution in [1.82, 2.24) is 9.88 Å². The summed E-state index contributed by atoms with van der Waals surface area (Å²) in [5.74, 6) is 0.992. The lowest BCUT2D eigenvalue weighted by Crippen LogP contribution is -2.39. The highest BCUT2D eigenvalue weighted by molar-refractivity contribution is 5.34. The van der Waals surface area contributed by atoms with Crippen LogP contribution in [0.1, 0.15) is 39.3 Å². The van der Waals surface area contributed by atoms with Crippen LogP contribution in [0.25, 0.3) is 0 Å². The van der Waals surface area contributed by atoms with Crippen molar-refractivity contribution in [3.8, 4) is 0 Å². The van der Waals surface area contributed by atoms with Gasteiger partial charge in [0.1, 0.15) is 5.82 Å². The van der Waals surface area contributed by atoms with Gasteiger partial charge in [-0.05, 0) is 43.9 Å². The number of rotatable bonds is 4. The lowest BCUT2D eigenvalue weighted by molar-refractivity contribution is 0.110. The van der Waals surface area contributed by atoms with Crippen molar-refractivity contribution in [2.75, 3.05) is 25.0 Å². The van der Waals surface area contributed by atoms with Crippen molar-refractivity contribution < 1.29 is 0 Å². The molecule has 0 spiro atoms. The first-order chi connectivity index (χ1) is 8.59. The minimum absolute atomic E-state index is 0.456. The van der Waals surface area contributed by atoms with Crippen molar-refractivity contribution in [2.24, 2.45) is 5.41 Å². The van der Waals surface area contributed by atoms with Crippen LogP contribution in [-0.4, -0.2) is 29.5 Å². The van der Waals surface area contributed by atoms with E-state index in [0.717, 1.165) is 18.9 Å².